The molecule has 0 fully saturated rings. The molecule has 0 radical (unpaired) electrons. The highest BCUT2D eigenvalue weighted by molar-refractivity contribution is 4.76. The summed E-state index contributed by atoms with van der Waals surface area (Å²) in [7, 11) is 0. The molecule has 0 amide bonds. The first-order valence-corrected chi connectivity index (χ1v) is 9.32. The van der Waals surface area contributed by atoms with E-state index in [4.69, 9.17) is 0 Å². The average molecular weight is 322 g/mol. The molecule has 0 aliphatic rings. The summed E-state index contributed by atoms with van der Waals surface area (Å²) in [5.74, 6) is 0. The minimum absolute atomic E-state index is 0.648. The first kappa shape index (κ1) is 22.1. The Morgan fingerprint density at radius 2 is 1.09 bits per heavy atom. The molecule has 0 rings (SSSR count). The fourth-order valence-electron chi connectivity index (χ4n) is 2.64. The Bertz CT molecular complexity index is 254. The van der Waals surface area contributed by atoms with Crippen LogP contribution >= 0.6 is 0 Å². The molecule has 3 nitrogen and oxygen atoms in total. The highest BCUT2D eigenvalue weighted by Gasteiger charge is 2.06. The van der Waals surface area contributed by atoms with Crippen LogP contribution in [0.25, 0.3) is 0 Å². The van der Waals surface area contributed by atoms with E-state index in [2.05, 4.69) is 35.7 Å². The van der Waals surface area contributed by atoms with Crippen LogP contribution in [0, 0.1) is 0 Å². The zero-order valence-corrected chi connectivity index (χ0v) is 15.1. The molecule has 0 heterocycles. The maximum Gasteiger partial charge on any atom is 0.0134 e. The topological polar surface area (TPSA) is 36.1 Å². The normalized spacial score (nSPS) is 10.8. The van der Waals surface area contributed by atoms with Crippen molar-refractivity contribution < 1.29 is 0 Å². The molecular formula is C20H39N3. The quantitative estimate of drug-likeness (QED) is 0.250. The third-order valence-electron chi connectivity index (χ3n) is 3.94. The Hall–Kier alpha value is -0.900. The van der Waals surface area contributed by atoms with Gasteiger partial charge in [-0.15, -0.1) is 19.7 Å². The van der Waals surface area contributed by atoms with Crippen molar-refractivity contribution in [1.82, 2.24) is 16.0 Å². The maximum atomic E-state index is 3.81. The van der Waals surface area contributed by atoms with Gasteiger partial charge in [-0.05, 0) is 38.8 Å². The van der Waals surface area contributed by atoms with Crippen molar-refractivity contribution in [3.63, 3.8) is 0 Å². The smallest absolute Gasteiger partial charge is 0.0134 e. The molecule has 0 saturated heterocycles. The third-order valence-corrected chi connectivity index (χ3v) is 3.94. The predicted molar refractivity (Wildman–Crippen MR) is 105 cm³/mol. The summed E-state index contributed by atoms with van der Waals surface area (Å²) in [6, 6.07) is 0.648. The van der Waals surface area contributed by atoms with Gasteiger partial charge in [0.1, 0.15) is 0 Å². The summed E-state index contributed by atoms with van der Waals surface area (Å²) in [6.07, 6.45) is 16.1. The Morgan fingerprint density at radius 1 is 0.609 bits per heavy atom. The van der Waals surface area contributed by atoms with Gasteiger partial charge >= 0.3 is 0 Å². The Kier molecular flexibility index (Phi) is 18.4. The molecule has 0 unspecified atom stereocenters. The van der Waals surface area contributed by atoms with E-state index in [1.165, 1.54) is 51.4 Å². The van der Waals surface area contributed by atoms with Crippen molar-refractivity contribution in [3.05, 3.63) is 38.0 Å². The summed E-state index contributed by atoms with van der Waals surface area (Å²) in [6.45, 7) is 16.2. The van der Waals surface area contributed by atoms with Gasteiger partial charge in [0.2, 0.25) is 0 Å². The number of hydrogen-bond donors (Lipinski definition) is 3. The Balaban J connectivity index is 3.61. The maximum absolute atomic E-state index is 3.81. The zero-order chi connectivity index (χ0) is 17.0. The van der Waals surface area contributed by atoms with Gasteiger partial charge in [-0.3, -0.25) is 0 Å². The van der Waals surface area contributed by atoms with Crippen LogP contribution in [0.5, 0.6) is 0 Å². The van der Waals surface area contributed by atoms with E-state index in [0.717, 1.165) is 32.7 Å². The second kappa shape index (κ2) is 19.1. The molecule has 3 heteroatoms. The van der Waals surface area contributed by atoms with Gasteiger partial charge in [-0.1, -0.05) is 43.9 Å². The lowest BCUT2D eigenvalue weighted by Gasteiger charge is -2.18. The zero-order valence-electron chi connectivity index (χ0n) is 15.1. The van der Waals surface area contributed by atoms with E-state index in [1.807, 2.05) is 18.2 Å². The molecule has 0 bridgehead atoms. The highest BCUT2D eigenvalue weighted by Crippen LogP contribution is 2.11. The Labute approximate surface area is 144 Å². The molecule has 0 spiro atoms. The monoisotopic (exact) mass is 321 g/mol. The molecule has 0 atom stereocenters. The minimum atomic E-state index is 0.648. The SMILES string of the molecule is C=CCNCCCCCC(CCCCCNCC=C)NCC=C. The number of hydrogen-bond acceptors (Lipinski definition) is 3. The molecule has 0 aromatic heterocycles. The molecular weight excluding hydrogens is 282 g/mol. The van der Waals surface area contributed by atoms with Gasteiger partial charge in [0, 0.05) is 25.7 Å². The van der Waals surface area contributed by atoms with E-state index in [9.17, 15) is 0 Å². The van der Waals surface area contributed by atoms with Crippen molar-refractivity contribution in [1.29, 1.82) is 0 Å². The van der Waals surface area contributed by atoms with Gasteiger partial charge in [0.05, 0.1) is 0 Å². The van der Waals surface area contributed by atoms with Crippen LogP contribution in [0.1, 0.15) is 51.4 Å². The third kappa shape index (κ3) is 17.3. The lowest BCUT2D eigenvalue weighted by Crippen LogP contribution is -2.29. The lowest BCUT2D eigenvalue weighted by atomic mass is 10.0. The fourth-order valence-corrected chi connectivity index (χ4v) is 2.64. The molecule has 0 aromatic rings. The standard InChI is InChI=1S/C20H39N3/c1-4-15-21-18-11-7-9-13-20(23-17-6-3)14-10-8-12-19-22-16-5-2/h4-6,20-23H,1-3,7-19H2. The molecule has 0 aliphatic heterocycles. The van der Waals surface area contributed by atoms with Crippen molar-refractivity contribution in [3.8, 4) is 0 Å². The molecule has 0 saturated carbocycles. The van der Waals surface area contributed by atoms with Crippen molar-refractivity contribution >= 4 is 0 Å². The number of unbranched alkanes of at least 4 members (excludes halogenated alkanes) is 4. The fraction of sp³-hybridized carbons (Fsp3) is 0.700. The van der Waals surface area contributed by atoms with E-state index < -0.39 is 0 Å². The summed E-state index contributed by atoms with van der Waals surface area (Å²) in [4.78, 5) is 0. The van der Waals surface area contributed by atoms with Crippen molar-refractivity contribution in [2.24, 2.45) is 0 Å². The molecule has 134 valence electrons. The highest BCUT2D eigenvalue weighted by atomic mass is 14.9. The van der Waals surface area contributed by atoms with Gasteiger partial charge in [0.25, 0.3) is 0 Å². The summed E-state index contributed by atoms with van der Waals surface area (Å²) in [5, 5.41) is 10.3. The van der Waals surface area contributed by atoms with Crippen LogP contribution in [-0.4, -0.2) is 38.8 Å². The number of rotatable bonds is 19. The molecule has 0 aliphatic carbocycles. The second-order valence-corrected chi connectivity index (χ2v) is 6.08. The van der Waals surface area contributed by atoms with E-state index >= 15 is 0 Å². The summed E-state index contributed by atoms with van der Waals surface area (Å²) >= 11 is 0. The molecule has 0 aromatic carbocycles. The molecule has 23 heavy (non-hydrogen) atoms. The molecule has 3 N–H and O–H groups in total. The number of nitrogens with one attached hydrogen (secondary N) is 3. The minimum Gasteiger partial charge on any atom is -0.313 e. The van der Waals surface area contributed by atoms with E-state index in [1.54, 1.807) is 0 Å². The first-order valence-electron chi connectivity index (χ1n) is 9.32. The largest absolute Gasteiger partial charge is 0.313 e. The lowest BCUT2D eigenvalue weighted by molar-refractivity contribution is 0.428. The van der Waals surface area contributed by atoms with E-state index in [0.29, 0.717) is 6.04 Å². The second-order valence-electron chi connectivity index (χ2n) is 6.08. The average Bonchev–Trinajstić information content (AvgIpc) is 2.57. The van der Waals surface area contributed by atoms with Crippen molar-refractivity contribution in [2.75, 3.05) is 32.7 Å². The van der Waals surface area contributed by atoms with Gasteiger partial charge in [-0.25, -0.2) is 0 Å². The Morgan fingerprint density at radius 3 is 1.52 bits per heavy atom. The van der Waals surface area contributed by atoms with Crippen LogP contribution < -0.4 is 16.0 Å². The van der Waals surface area contributed by atoms with Crippen LogP contribution in [0.2, 0.25) is 0 Å². The first-order chi connectivity index (χ1) is 11.3. The van der Waals surface area contributed by atoms with Crippen molar-refractivity contribution in [2.45, 2.75) is 57.4 Å². The summed E-state index contributed by atoms with van der Waals surface area (Å²) < 4.78 is 0. The van der Waals surface area contributed by atoms with Crippen LogP contribution in [-0.2, 0) is 0 Å². The summed E-state index contributed by atoms with van der Waals surface area (Å²) in [5.41, 5.74) is 0. The van der Waals surface area contributed by atoms with E-state index in [-0.39, 0.29) is 0 Å². The van der Waals surface area contributed by atoms with Gasteiger partial charge in [-0.2, -0.15) is 0 Å². The van der Waals surface area contributed by atoms with Crippen LogP contribution in [0.3, 0.4) is 0 Å². The van der Waals surface area contributed by atoms with Gasteiger partial charge < -0.3 is 16.0 Å². The van der Waals surface area contributed by atoms with Crippen LogP contribution in [0.15, 0.2) is 38.0 Å². The van der Waals surface area contributed by atoms with Crippen LogP contribution in [0.4, 0.5) is 0 Å². The predicted octanol–water partition coefficient (Wildman–Crippen LogP) is 3.80. The van der Waals surface area contributed by atoms with Gasteiger partial charge in [0.15, 0.2) is 0 Å².